The van der Waals surface area contributed by atoms with E-state index in [2.05, 4.69) is 31.2 Å². The number of hydrogen-bond acceptors (Lipinski definition) is 4. The van der Waals surface area contributed by atoms with E-state index in [0.29, 0.717) is 10.6 Å². The SMILES string of the molecule is Cc1c(-c2cncc(N3CCNCC3)c2)c2[nH]c3ccc(Cl)cc3c2[nH]c1=O. The Balaban J connectivity index is 1.75. The Kier molecular flexibility index (Phi) is 4.10. The highest BCUT2D eigenvalue weighted by Crippen LogP contribution is 2.34. The third kappa shape index (κ3) is 2.77. The number of benzene rings is 1. The molecule has 0 atom stereocenters. The van der Waals surface area contributed by atoms with E-state index in [1.807, 2.05) is 37.5 Å². The van der Waals surface area contributed by atoms with Gasteiger partial charge in [0.05, 0.1) is 22.9 Å². The lowest BCUT2D eigenvalue weighted by molar-refractivity contribution is 0.589. The average molecular weight is 394 g/mol. The van der Waals surface area contributed by atoms with Gasteiger partial charge in [-0.25, -0.2) is 0 Å². The van der Waals surface area contributed by atoms with Crippen molar-refractivity contribution in [2.45, 2.75) is 6.92 Å². The van der Waals surface area contributed by atoms with Crippen molar-refractivity contribution in [1.29, 1.82) is 0 Å². The van der Waals surface area contributed by atoms with Gasteiger partial charge in [0.25, 0.3) is 5.56 Å². The van der Waals surface area contributed by atoms with Crippen molar-refractivity contribution >= 4 is 39.2 Å². The number of piperazine rings is 1. The topological polar surface area (TPSA) is 76.8 Å². The van der Waals surface area contributed by atoms with E-state index in [1.165, 1.54) is 0 Å². The van der Waals surface area contributed by atoms with Gasteiger partial charge in [-0.2, -0.15) is 0 Å². The van der Waals surface area contributed by atoms with Crippen molar-refractivity contribution < 1.29 is 0 Å². The van der Waals surface area contributed by atoms with E-state index >= 15 is 0 Å². The number of aromatic amines is 2. The quantitative estimate of drug-likeness (QED) is 0.487. The molecule has 4 aromatic rings. The molecule has 0 aliphatic carbocycles. The predicted octanol–water partition coefficient (Wildman–Crippen LogP) is 3.44. The van der Waals surface area contributed by atoms with Crippen molar-refractivity contribution in [3.63, 3.8) is 0 Å². The molecule has 142 valence electrons. The molecular formula is C21H20ClN5O. The Hall–Kier alpha value is -2.83. The van der Waals surface area contributed by atoms with Crippen LogP contribution in [0.25, 0.3) is 33.1 Å². The fourth-order valence-corrected chi connectivity index (χ4v) is 4.18. The van der Waals surface area contributed by atoms with E-state index in [-0.39, 0.29) is 5.56 Å². The minimum atomic E-state index is -0.101. The minimum absolute atomic E-state index is 0.101. The van der Waals surface area contributed by atoms with Gasteiger partial charge in [-0.3, -0.25) is 9.78 Å². The van der Waals surface area contributed by atoms with E-state index in [1.54, 1.807) is 0 Å². The number of rotatable bonds is 2. The van der Waals surface area contributed by atoms with Gasteiger partial charge in [-0.1, -0.05) is 11.6 Å². The molecule has 1 saturated heterocycles. The monoisotopic (exact) mass is 393 g/mol. The van der Waals surface area contributed by atoms with Gasteiger partial charge in [0.1, 0.15) is 0 Å². The predicted molar refractivity (Wildman–Crippen MR) is 114 cm³/mol. The zero-order valence-electron chi connectivity index (χ0n) is 15.5. The molecule has 1 aliphatic rings. The molecule has 3 N–H and O–H groups in total. The number of fused-ring (bicyclic) bond motifs is 3. The van der Waals surface area contributed by atoms with Crippen molar-refractivity contribution in [3.05, 3.63) is 57.6 Å². The van der Waals surface area contributed by atoms with Crippen LogP contribution in [0.15, 0.2) is 41.5 Å². The first-order valence-electron chi connectivity index (χ1n) is 9.37. The molecule has 3 aromatic heterocycles. The minimum Gasteiger partial charge on any atom is -0.368 e. The van der Waals surface area contributed by atoms with Gasteiger partial charge in [0.15, 0.2) is 0 Å². The molecule has 0 bridgehead atoms. The normalized spacial score (nSPS) is 14.9. The Morgan fingerprint density at radius 2 is 1.89 bits per heavy atom. The molecule has 7 heteroatoms. The summed E-state index contributed by atoms with van der Waals surface area (Å²) < 4.78 is 0. The maximum absolute atomic E-state index is 12.7. The molecular weight excluding hydrogens is 374 g/mol. The maximum Gasteiger partial charge on any atom is 0.252 e. The molecule has 0 radical (unpaired) electrons. The van der Waals surface area contributed by atoms with Crippen LogP contribution in [-0.4, -0.2) is 41.1 Å². The standard InChI is InChI=1S/C21H20ClN5O/c1-12-18(13-8-15(11-24-10-13)27-6-4-23-5-7-27)20-19(26-21(12)28)16-9-14(22)2-3-17(16)25-20/h2-3,8-11,23,25H,4-7H2,1H3,(H,26,28). The average Bonchev–Trinajstić information content (AvgIpc) is 3.07. The number of anilines is 1. The van der Waals surface area contributed by atoms with Crippen molar-refractivity contribution in [2.24, 2.45) is 0 Å². The Labute approximate surface area is 166 Å². The first-order chi connectivity index (χ1) is 13.6. The summed E-state index contributed by atoms with van der Waals surface area (Å²) >= 11 is 6.18. The van der Waals surface area contributed by atoms with Crippen LogP contribution in [0.4, 0.5) is 5.69 Å². The Morgan fingerprint density at radius 3 is 2.71 bits per heavy atom. The third-order valence-corrected chi connectivity index (χ3v) is 5.69. The van der Waals surface area contributed by atoms with Gasteiger partial charge in [-0.05, 0) is 31.2 Å². The molecule has 1 aliphatic heterocycles. The van der Waals surface area contributed by atoms with Crippen LogP contribution in [0, 0.1) is 6.92 Å². The molecule has 0 spiro atoms. The van der Waals surface area contributed by atoms with Crippen LogP contribution >= 0.6 is 11.6 Å². The summed E-state index contributed by atoms with van der Waals surface area (Å²) in [5.41, 5.74) is 6.07. The Bertz CT molecular complexity index is 1250. The lowest BCUT2D eigenvalue weighted by Gasteiger charge is -2.29. The molecule has 4 heterocycles. The first-order valence-corrected chi connectivity index (χ1v) is 9.74. The van der Waals surface area contributed by atoms with Crippen molar-refractivity contribution in [3.8, 4) is 11.1 Å². The number of nitrogens with one attached hydrogen (secondary N) is 3. The summed E-state index contributed by atoms with van der Waals surface area (Å²) in [5, 5.41) is 4.91. The Morgan fingerprint density at radius 1 is 1.07 bits per heavy atom. The largest absolute Gasteiger partial charge is 0.368 e. The summed E-state index contributed by atoms with van der Waals surface area (Å²) in [6, 6.07) is 7.78. The van der Waals surface area contributed by atoms with E-state index in [9.17, 15) is 4.79 Å². The lowest BCUT2D eigenvalue weighted by Crippen LogP contribution is -2.43. The maximum atomic E-state index is 12.7. The molecule has 0 amide bonds. The number of halogens is 1. The van der Waals surface area contributed by atoms with Crippen LogP contribution in [0.2, 0.25) is 5.02 Å². The van der Waals surface area contributed by atoms with Crippen LogP contribution in [0.5, 0.6) is 0 Å². The van der Waals surface area contributed by atoms with Gasteiger partial charge >= 0.3 is 0 Å². The van der Waals surface area contributed by atoms with Crippen molar-refractivity contribution in [1.82, 2.24) is 20.3 Å². The number of pyridine rings is 2. The summed E-state index contributed by atoms with van der Waals surface area (Å²) in [5.74, 6) is 0. The van der Waals surface area contributed by atoms with Gasteiger partial charge < -0.3 is 20.2 Å². The van der Waals surface area contributed by atoms with E-state index in [0.717, 1.165) is 64.9 Å². The first kappa shape index (κ1) is 17.3. The van der Waals surface area contributed by atoms with Gasteiger partial charge in [-0.15, -0.1) is 0 Å². The van der Waals surface area contributed by atoms with Gasteiger partial charge in [0.2, 0.25) is 0 Å². The molecule has 6 nitrogen and oxygen atoms in total. The number of aromatic nitrogens is 3. The molecule has 28 heavy (non-hydrogen) atoms. The summed E-state index contributed by atoms with van der Waals surface area (Å²) in [4.78, 5) is 26.0. The number of H-pyrrole nitrogens is 2. The van der Waals surface area contributed by atoms with Crippen LogP contribution in [-0.2, 0) is 0 Å². The highest BCUT2D eigenvalue weighted by Gasteiger charge is 2.18. The smallest absolute Gasteiger partial charge is 0.252 e. The second kappa shape index (κ2) is 6.65. The van der Waals surface area contributed by atoms with Crippen LogP contribution in [0.3, 0.4) is 0 Å². The molecule has 1 aromatic carbocycles. The second-order valence-electron chi connectivity index (χ2n) is 7.19. The highest BCUT2D eigenvalue weighted by molar-refractivity contribution is 6.31. The van der Waals surface area contributed by atoms with E-state index in [4.69, 9.17) is 11.6 Å². The van der Waals surface area contributed by atoms with Crippen LogP contribution < -0.4 is 15.8 Å². The fraction of sp³-hybridized carbons (Fsp3) is 0.238. The molecule has 0 unspecified atom stereocenters. The number of hydrogen-bond donors (Lipinski definition) is 3. The highest BCUT2D eigenvalue weighted by atomic mass is 35.5. The summed E-state index contributed by atoms with van der Waals surface area (Å²) in [6.45, 7) is 5.66. The molecule has 1 fully saturated rings. The fourth-order valence-electron chi connectivity index (χ4n) is 4.01. The van der Waals surface area contributed by atoms with E-state index < -0.39 is 0 Å². The molecule has 5 rings (SSSR count). The lowest BCUT2D eigenvalue weighted by atomic mass is 10.0. The third-order valence-electron chi connectivity index (χ3n) is 5.46. The summed E-state index contributed by atoms with van der Waals surface area (Å²) in [7, 11) is 0. The van der Waals surface area contributed by atoms with Gasteiger partial charge in [0, 0.05) is 65.0 Å². The zero-order chi connectivity index (χ0) is 19.3. The zero-order valence-corrected chi connectivity index (χ0v) is 16.2. The van der Waals surface area contributed by atoms with Crippen LogP contribution in [0.1, 0.15) is 5.56 Å². The molecule has 0 saturated carbocycles. The number of nitrogens with zero attached hydrogens (tertiary/aromatic N) is 2. The summed E-state index contributed by atoms with van der Waals surface area (Å²) in [6.07, 6.45) is 3.71. The second-order valence-corrected chi connectivity index (χ2v) is 7.62. The van der Waals surface area contributed by atoms with Crippen molar-refractivity contribution in [2.75, 3.05) is 31.1 Å².